The van der Waals surface area contributed by atoms with Crippen molar-refractivity contribution < 1.29 is 17.9 Å². The molecule has 118 valence electrons. The first-order chi connectivity index (χ1) is 10.2. The summed E-state index contributed by atoms with van der Waals surface area (Å²) < 4.78 is 28.5. The average Bonchev–Trinajstić information content (AvgIpc) is 2.85. The molecule has 0 saturated heterocycles. The molecule has 1 aromatic rings. The maximum absolute atomic E-state index is 12.0. The number of hydrogen-bond acceptors (Lipinski definition) is 8. The second kappa shape index (κ2) is 5.73. The second-order valence-electron chi connectivity index (χ2n) is 4.94. The third kappa shape index (κ3) is 3.14. The third-order valence-corrected chi connectivity index (χ3v) is 4.69. The lowest BCUT2D eigenvalue weighted by atomic mass is 10.0. The molecule has 2 rings (SSSR count). The van der Waals surface area contributed by atoms with E-state index in [1.165, 1.54) is 19.2 Å². The van der Waals surface area contributed by atoms with Gasteiger partial charge in [-0.15, -0.1) is 10.2 Å². The number of halogens is 1. The fourth-order valence-electron chi connectivity index (χ4n) is 2.04. The Morgan fingerprint density at radius 1 is 1.32 bits per heavy atom. The van der Waals surface area contributed by atoms with Gasteiger partial charge in [-0.3, -0.25) is 0 Å². The molecule has 0 bridgehead atoms. The van der Waals surface area contributed by atoms with E-state index in [4.69, 9.17) is 11.6 Å². The van der Waals surface area contributed by atoms with E-state index >= 15 is 0 Å². The number of esters is 1. The standard InChI is InChI=1S/C12H13ClN4O4S/c1-12(14-16-17-15-12)6-8-9(22(3,19)20)5-4-7(10(8)13)11(18)21-2/h4-5H,6H2,1-3H3. The van der Waals surface area contributed by atoms with Crippen LogP contribution in [0.5, 0.6) is 0 Å². The van der Waals surface area contributed by atoms with Crippen molar-refractivity contribution in [1.82, 2.24) is 0 Å². The summed E-state index contributed by atoms with van der Waals surface area (Å²) in [6.45, 7) is 1.63. The van der Waals surface area contributed by atoms with Crippen LogP contribution >= 0.6 is 11.6 Å². The zero-order chi connectivity index (χ0) is 16.5. The molecule has 0 saturated carbocycles. The van der Waals surface area contributed by atoms with E-state index in [0.717, 1.165) is 6.26 Å². The van der Waals surface area contributed by atoms with Crippen LogP contribution in [-0.2, 0) is 21.0 Å². The first-order valence-electron chi connectivity index (χ1n) is 6.12. The van der Waals surface area contributed by atoms with E-state index in [1.807, 2.05) is 0 Å². The number of carbonyl (C=O) groups excluding carboxylic acids is 1. The van der Waals surface area contributed by atoms with Crippen LogP contribution in [0.3, 0.4) is 0 Å². The summed E-state index contributed by atoms with van der Waals surface area (Å²) in [5.41, 5.74) is -0.755. The fourth-order valence-corrected chi connectivity index (χ4v) is 3.34. The van der Waals surface area contributed by atoms with Gasteiger partial charge in [0.1, 0.15) is 0 Å². The van der Waals surface area contributed by atoms with E-state index in [1.54, 1.807) is 6.92 Å². The predicted octanol–water partition coefficient (Wildman–Crippen LogP) is 2.62. The lowest BCUT2D eigenvalue weighted by molar-refractivity contribution is 0.0600. The van der Waals surface area contributed by atoms with E-state index in [9.17, 15) is 13.2 Å². The highest BCUT2D eigenvalue weighted by atomic mass is 35.5. The van der Waals surface area contributed by atoms with Crippen LogP contribution < -0.4 is 0 Å². The summed E-state index contributed by atoms with van der Waals surface area (Å²) in [4.78, 5) is 11.7. The lowest BCUT2D eigenvalue weighted by Crippen LogP contribution is -2.22. The molecule has 1 aliphatic heterocycles. The molecule has 0 amide bonds. The number of nitrogens with zero attached hydrogens (tertiary/aromatic N) is 4. The molecular weight excluding hydrogens is 332 g/mol. The molecule has 0 aliphatic carbocycles. The Bertz CT molecular complexity index is 777. The normalized spacial score (nSPS) is 16.0. The van der Waals surface area contributed by atoms with Crippen molar-refractivity contribution in [3.05, 3.63) is 28.3 Å². The Morgan fingerprint density at radius 3 is 2.41 bits per heavy atom. The maximum atomic E-state index is 12.0. The Balaban J connectivity index is 2.63. The molecule has 0 unspecified atom stereocenters. The van der Waals surface area contributed by atoms with Crippen molar-refractivity contribution in [3.63, 3.8) is 0 Å². The summed E-state index contributed by atoms with van der Waals surface area (Å²) in [7, 11) is -2.34. The number of methoxy groups -OCH3 is 1. The Kier molecular flexibility index (Phi) is 4.30. The largest absolute Gasteiger partial charge is 0.465 e. The molecule has 1 aromatic carbocycles. The van der Waals surface area contributed by atoms with Gasteiger partial charge in [0.25, 0.3) is 0 Å². The molecule has 0 radical (unpaired) electrons. The van der Waals surface area contributed by atoms with Gasteiger partial charge in [0.2, 0.25) is 0 Å². The second-order valence-corrected chi connectivity index (χ2v) is 7.30. The van der Waals surface area contributed by atoms with Gasteiger partial charge in [-0.1, -0.05) is 11.6 Å². The Labute approximate surface area is 132 Å². The van der Waals surface area contributed by atoms with Crippen LogP contribution in [0.2, 0.25) is 5.02 Å². The van der Waals surface area contributed by atoms with Gasteiger partial charge >= 0.3 is 5.97 Å². The van der Waals surface area contributed by atoms with Crippen molar-refractivity contribution in [3.8, 4) is 0 Å². The molecule has 0 aromatic heterocycles. The van der Waals surface area contributed by atoms with Gasteiger partial charge in [0, 0.05) is 12.7 Å². The van der Waals surface area contributed by atoms with Gasteiger partial charge in [0.15, 0.2) is 15.5 Å². The smallest absolute Gasteiger partial charge is 0.339 e. The number of carbonyl (C=O) groups is 1. The van der Waals surface area contributed by atoms with Crippen LogP contribution in [0.15, 0.2) is 37.7 Å². The Hall–Kier alpha value is -1.87. The van der Waals surface area contributed by atoms with E-state index in [0.29, 0.717) is 0 Å². The molecule has 0 atom stereocenters. The molecule has 1 heterocycles. The van der Waals surface area contributed by atoms with Gasteiger partial charge in [-0.2, -0.15) is 0 Å². The first-order valence-corrected chi connectivity index (χ1v) is 8.39. The molecule has 0 fully saturated rings. The minimum atomic E-state index is -3.55. The number of rotatable bonds is 4. The maximum Gasteiger partial charge on any atom is 0.339 e. The molecule has 1 aliphatic rings. The Morgan fingerprint density at radius 2 is 1.91 bits per heavy atom. The molecular formula is C12H13ClN4O4S. The van der Waals surface area contributed by atoms with Crippen molar-refractivity contribution in [2.24, 2.45) is 20.7 Å². The predicted molar refractivity (Wildman–Crippen MR) is 77.7 cm³/mol. The summed E-state index contributed by atoms with van der Waals surface area (Å²) in [6.07, 6.45) is 1.09. The summed E-state index contributed by atoms with van der Waals surface area (Å²) in [5, 5.41) is 14.5. The average molecular weight is 345 g/mol. The van der Waals surface area contributed by atoms with Crippen LogP contribution in [0.1, 0.15) is 22.8 Å². The van der Waals surface area contributed by atoms with E-state index in [-0.39, 0.29) is 27.5 Å². The number of sulfone groups is 1. The third-order valence-electron chi connectivity index (χ3n) is 3.08. The van der Waals surface area contributed by atoms with Crippen molar-refractivity contribution in [2.45, 2.75) is 23.9 Å². The minimum absolute atomic E-state index is 0.00341. The van der Waals surface area contributed by atoms with Gasteiger partial charge < -0.3 is 4.74 Å². The number of hydrogen-bond donors (Lipinski definition) is 0. The molecule has 22 heavy (non-hydrogen) atoms. The quantitative estimate of drug-likeness (QED) is 0.781. The minimum Gasteiger partial charge on any atom is -0.465 e. The monoisotopic (exact) mass is 344 g/mol. The van der Waals surface area contributed by atoms with Crippen LogP contribution in [0, 0.1) is 0 Å². The number of ether oxygens (including phenoxy) is 1. The summed E-state index contributed by atoms with van der Waals surface area (Å²) >= 11 is 6.22. The number of benzene rings is 1. The van der Waals surface area contributed by atoms with Crippen molar-refractivity contribution in [2.75, 3.05) is 13.4 Å². The SMILES string of the molecule is COC(=O)c1ccc(S(C)(=O)=O)c(CC2(C)N=NN=N2)c1Cl. The van der Waals surface area contributed by atoms with Crippen LogP contribution in [-0.4, -0.2) is 33.4 Å². The van der Waals surface area contributed by atoms with Gasteiger partial charge in [-0.05, 0) is 35.1 Å². The zero-order valence-electron chi connectivity index (χ0n) is 12.1. The molecule has 8 nitrogen and oxygen atoms in total. The van der Waals surface area contributed by atoms with Gasteiger partial charge in [-0.25, -0.2) is 13.2 Å². The fraction of sp³-hybridized carbons (Fsp3) is 0.417. The molecule has 0 spiro atoms. The zero-order valence-corrected chi connectivity index (χ0v) is 13.6. The van der Waals surface area contributed by atoms with Crippen LogP contribution in [0.4, 0.5) is 0 Å². The lowest BCUT2D eigenvalue weighted by Gasteiger charge is -2.18. The van der Waals surface area contributed by atoms with Crippen LogP contribution in [0.25, 0.3) is 0 Å². The highest BCUT2D eigenvalue weighted by Crippen LogP contribution is 2.34. The highest BCUT2D eigenvalue weighted by molar-refractivity contribution is 7.90. The molecule has 0 N–H and O–H groups in total. The topological polar surface area (TPSA) is 110 Å². The van der Waals surface area contributed by atoms with Gasteiger partial charge in [0.05, 0.1) is 22.6 Å². The van der Waals surface area contributed by atoms with Crippen molar-refractivity contribution in [1.29, 1.82) is 0 Å². The summed E-state index contributed by atoms with van der Waals surface area (Å²) in [5.74, 6) is -0.661. The first kappa shape index (κ1) is 16.5. The molecule has 10 heteroatoms. The van der Waals surface area contributed by atoms with Crippen molar-refractivity contribution >= 4 is 27.4 Å². The highest BCUT2D eigenvalue weighted by Gasteiger charge is 2.32. The van der Waals surface area contributed by atoms with E-state index in [2.05, 4.69) is 25.4 Å². The van der Waals surface area contributed by atoms with E-state index < -0.39 is 21.5 Å². The summed E-state index contributed by atoms with van der Waals surface area (Å²) in [6, 6.07) is 2.63.